The van der Waals surface area contributed by atoms with Gasteiger partial charge in [0.1, 0.15) is 5.82 Å². The molecule has 1 saturated heterocycles. The first-order valence-electron chi connectivity index (χ1n) is 9.15. The zero-order chi connectivity index (χ0) is 17.4. The molecule has 2 aliphatic rings. The van der Waals surface area contributed by atoms with Crippen molar-refractivity contribution in [2.45, 2.75) is 63.1 Å². The Balaban J connectivity index is 1.74. The average molecular weight is 406 g/mol. The molecule has 2 heterocycles. The number of fused-ring (bicyclic) bond motifs is 1. The minimum absolute atomic E-state index is 0.0209. The fraction of sp³-hybridized carbons (Fsp3) is 0.579. The van der Waals surface area contributed by atoms with Gasteiger partial charge < -0.3 is 14.6 Å². The van der Waals surface area contributed by atoms with Crippen molar-refractivity contribution in [3.8, 4) is 0 Å². The van der Waals surface area contributed by atoms with E-state index >= 15 is 0 Å². The van der Waals surface area contributed by atoms with Gasteiger partial charge in [-0.05, 0) is 56.7 Å². The minimum Gasteiger partial charge on any atom is -0.381 e. The number of carbonyl (C=O) groups is 1. The SMILES string of the molecule is COC1CCC(n2c(C3CCCC(=O)N3)nc3cc(Br)ccc32)CC1. The molecule has 1 atom stereocenters. The van der Waals surface area contributed by atoms with Crippen molar-refractivity contribution < 1.29 is 9.53 Å². The third-order valence-electron chi connectivity index (χ3n) is 5.56. The third kappa shape index (κ3) is 3.34. The lowest BCUT2D eigenvalue weighted by atomic mass is 9.92. The number of amides is 1. The molecule has 4 rings (SSSR count). The lowest BCUT2D eigenvalue weighted by molar-refractivity contribution is -0.123. The quantitative estimate of drug-likeness (QED) is 0.828. The molecule has 2 aromatic rings. The Morgan fingerprint density at radius 3 is 2.76 bits per heavy atom. The van der Waals surface area contributed by atoms with Crippen LogP contribution in [0.1, 0.15) is 62.9 Å². The number of hydrogen-bond acceptors (Lipinski definition) is 3. The molecular formula is C19H24BrN3O2. The minimum atomic E-state index is 0.0209. The van der Waals surface area contributed by atoms with Crippen LogP contribution in [0.2, 0.25) is 0 Å². The second-order valence-corrected chi connectivity index (χ2v) is 8.07. The standard InChI is InChI=1S/C19H24BrN3O2/c1-25-14-8-6-13(7-9-14)23-17-10-5-12(20)11-16(17)22-19(23)15-3-2-4-18(24)21-15/h5,10-11,13-15H,2-4,6-9H2,1H3,(H,21,24). The van der Waals surface area contributed by atoms with E-state index in [9.17, 15) is 4.79 Å². The van der Waals surface area contributed by atoms with E-state index in [4.69, 9.17) is 9.72 Å². The molecule has 1 saturated carbocycles. The van der Waals surface area contributed by atoms with Crippen molar-refractivity contribution in [1.29, 1.82) is 0 Å². The van der Waals surface area contributed by atoms with Crippen LogP contribution >= 0.6 is 15.9 Å². The van der Waals surface area contributed by atoms with Crippen LogP contribution in [0, 0.1) is 0 Å². The molecule has 0 spiro atoms. The van der Waals surface area contributed by atoms with Gasteiger partial charge in [0.15, 0.2) is 0 Å². The van der Waals surface area contributed by atoms with Gasteiger partial charge in [0.05, 0.1) is 23.2 Å². The number of ether oxygens (including phenoxy) is 1. The molecule has 1 aliphatic carbocycles. The van der Waals surface area contributed by atoms with E-state index < -0.39 is 0 Å². The summed E-state index contributed by atoms with van der Waals surface area (Å²) >= 11 is 3.55. The van der Waals surface area contributed by atoms with Crippen LogP contribution in [0.4, 0.5) is 0 Å². The lowest BCUT2D eigenvalue weighted by Gasteiger charge is -2.32. The van der Waals surface area contributed by atoms with E-state index in [1.54, 1.807) is 7.11 Å². The number of imidazole rings is 1. The Kier molecular flexibility index (Phi) is 4.82. The summed E-state index contributed by atoms with van der Waals surface area (Å²) in [6.45, 7) is 0. The number of piperidine rings is 1. The van der Waals surface area contributed by atoms with Crippen LogP contribution in [0.25, 0.3) is 11.0 Å². The summed E-state index contributed by atoms with van der Waals surface area (Å²) in [5.74, 6) is 1.15. The summed E-state index contributed by atoms with van der Waals surface area (Å²) in [7, 11) is 1.80. The van der Waals surface area contributed by atoms with E-state index in [-0.39, 0.29) is 11.9 Å². The molecule has 5 nitrogen and oxygen atoms in total. The van der Waals surface area contributed by atoms with Crippen molar-refractivity contribution in [3.05, 3.63) is 28.5 Å². The highest BCUT2D eigenvalue weighted by Crippen LogP contribution is 2.37. The number of nitrogens with one attached hydrogen (secondary N) is 1. The third-order valence-corrected chi connectivity index (χ3v) is 6.06. The van der Waals surface area contributed by atoms with Gasteiger partial charge in [-0.1, -0.05) is 15.9 Å². The number of methoxy groups -OCH3 is 1. The number of aromatic nitrogens is 2. The van der Waals surface area contributed by atoms with Crippen molar-refractivity contribution in [2.75, 3.05) is 7.11 Å². The number of rotatable bonds is 3. The van der Waals surface area contributed by atoms with Crippen molar-refractivity contribution in [1.82, 2.24) is 14.9 Å². The Morgan fingerprint density at radius 1 is 1.24 bits per heavy atom. The molecule has 25 heavy (non-hydrogen) atoms. The van der Waals surface area contributed by atoms with Crippen LogP contribution < -0.4 is 5.32 Å². The van der Waals surface area contributed by atoms with Crippen LogP contribution in [-0.4, -0.2) is 28.7 Å². The number of hydrogen-bond donors (Lipinski definition) is 1. The normalized spacial score (nSPS) is 27.4. The first kappa shape index (κ1) is 17.0. The van der Waals surface area contributed by atoms with Gasteiger partial charge in [0, 0.05) is 24.0 Å². The van der Waals surface area contributed by atoms with E-state index in [1.807, 2.05) is 0 Å². The Labute approximate surface area is 156 Å². The zero-order valence-corrected chi connectivity index (χ0v) is 16.1. The summed E-state index contributed by atoms with van der Waals surface area (Å²) < 4.78 is 8.96. The predicted octanol–water partition coefficient (Wildman–Crippen LogP) is 4.27. The summed E-state index contributed by atoms with van der Waals surface area (Å²) in [6, 6.07) is 6.73. The second-order valence-electron chi connectivity index (χ2n) is 7.15. The maximum absolute atomic E-state index is 11.9. The van der Waals surface area contributed by atoms with E-state index in [2.05, 4.69) is 44.0 Å². The van der Waals surface area contributed by atoms with E-state index in [0.29, 0.717) is 18.6 Å². The van der Waals surface area contributed by atoms with Crippen molar-refractivity contribution in [2.24, 2.45) is 0 Å². The molecule has 1 aromatic carbocycles. The molecule has 1 N–H and O–H groups in total. The molecule has 1 amide bonds. The van der Waals surface area contributed by atoms with Gasteiger partial charge in [0.2, 0.25) is 5.91 Å². The monoisotopic (exact) mass is 405 g/mol. The smallest absolute Gasteiger partial charge is 0.220 e. The second kappa shape index (κ2) is 7.08. The van der Waals surface area contributed by atoms with Crippen LogP contribution in [0.5, 0.6) is 0 Å². The van der Waals surface area contributed by atoms with Crippen molar-refractivity contribution >= 4 is 32.9 Å². The molecule has 1 aromatic heterocycles. The lowest BCUT2D eigenvalue weighted by Crippen LogP contribution is -2.35. The summed E-state index contributed by atoms with van der Waals surface area (Å²) in [6.07, 6.45) is 7.23. The first-order valence-corrected chi connectivity index (χ1v) is 9.94. The van der Waals surface area contributed by atoms with Gasteiger partial charge >= 0.3 is 0 Å². The first-order chi connectivity index (χ1) is 12.2. The predicted molar refractivity (Wildman–Crippen MR) is 100 cm³/mol. The number of carbonyl (C=O) groups excluding carboxylic acids is 1. The Bertz CT molecular complexity index is 780. The van der Waals surface area contributed by atoms with Crippen LogP contribution in [0.3, 0.4) is 0 Å². The van der Waals surface area contributed by atoms with Gasteiger partial charge in [-0.3, -0.25) is 4.79 Å². The van der Waals surface area contributed by atoms with Gasteiger partial charge in [-0.2, -0.15) is 0 Å². The maximum Gasteiger partial charge on any atom is 0.220 e. The zero-order valence-electron chi connectivity index (χ0n) is 14.5. The maximum atomic E-state index is 11.9. The van der Waals surface area contributed by atoms with Gasteiger partial charge in [-0.25, -0.2) is 4.98 Å². The highest BCUT2D eigenvalue weighted by molar-refractivity contribution is 9.10. The highest BCUT2D eigenvalue weighted by Gasteiger charge is 2.30. The fourth-order valence-electron chi connectivity index (χ4n) is 4.26. The summed E-state index contributed by atoms with van der Waals surface area (Å²) in [5, 5.41) is 3.15. The fourth-order valence-corrected chi connectivity index (χ4v) is 4.61. The molecule has 134 valence electrons. The molecule has 0 bridgehead atoms. The Morgan fingerprint density at radius 2 is 2.04 bits per heavy atom. The van der Waals surface area contributed by atoms with Crippen LogP contribution in [0.15, 0.2) is 22.7 Å². The van der Waals surface area contributed by atoms with Crippen LogP contribution in [-0.2, 0) is 9.53 Å². The summed E-state index contributed by atoms with van der Waals surface area (Å²) in [5.41, 5.74) is 2.16. The molecular weight excluding hydrogens is 382 g/mol. The molecule has 6 heteroatoms. The Hall–Kier alpha value is -1.40. The molecule has 1 aliphatic heterocycles. The van der Waals surface area contributed by atoms with Crippen molar-refractivity contribution in [3.63, 3.8) is 0 Å². The van der Waals surface area contributed by atoms with Gasteiger partial charge in [0.25, 0.3) is 0 Å². The number of halogens is 1. The summed E-state index contributed by atoms with van der Waals surface area (Å²) in [4.78, 5) is 16.8. The number of benzene rings is 1. The molecule has 2 fully saturated rings. The number of nitrogens with zero attached hydrogens (tertiary/aromatic N) is 2. The average Bonchev–Trinajstić information content (AvgIpc) is 3.00. The van der Waals surface area contributed by atoms with E-state index in [1.165, 1.54) is 5.52 Å². The topological polar surface area (TPSA) is 56.1 Å². The largest absolute Gasteiger partial charge is 0.381 e. The van der Waals surface area contributed by atoms with Gasteiger partial charge in [-0.15, -0.1) is 0 Å². The molecule has 1 unspecified atom stereocenters. The highest BCUT2D eigenvalue weighted by atomic mass is 79.9. The molecule has 0 radical (unpaired) electrons. The van der Waals surface area contributed by atoms with E-state index in [0.717, 1.165) is 54.3 Å².